The van der Waals surface area contributed by atoms with Crippen molar-refractivity contribution in [1.29, 1.82) is 0 Å². The van der Waals surface area contributed by atoms with E-state index in [4.69, 9.17) is 10.9 Å². The highest BCUT2D eigenvalue weighted by molar-refractivity contribution is 7.03. The number of amidine groups is 1. The molecule has 1 amide bonds. The highest BCUT2D eigenvalue weighted by atomic mass is 32.1. The Balaban J connectivity index is 2.02. The van der Waals surface area contributed by atoms with Gasteiger partial charge in [-0.25, -0.2) is 0 Å². The highest BCUT2D eigenvalue weighted by Gasteiger charge is 2.08. The number of nitrogens with two attached hydrogens (primary N) is 1. The molecule has 0 fully saturated rings. The second kappa shape index (κ2) is 5.91. The number of aromatic nitrogens is 2. The van der Waals surface area contributed by atoms with E-state index in [2.05, 4.69) is 20.1 Å². The predicted octanol–water partition coefficient (Wildman–Crippen LogP) is 0.563. The molecule has 19 heavy (non-hydrogen) atoms. The van der Waals surface area contributed by atoms with E-state index in [-0.39, 0.29) is 17.4 Å². The molecule has 0 aliphatic heterocycles. The topological polar surface area (TPSA) is 113 Å². The largest absolute Gasteiger partial charge is 0.409 e. The molecule has 1 aromatic carbocycles. The van der Waals surface area contributed by atoms with Gasteiger partial charge in [0.25, 0.3) is 5.91 Å². The van der Waals surface area contributed by atoms with Crippen LogP contribution in [-0.4, -0.2) is 26.5 Å². The third kappa shape index (κ3) is 3.26. The number of rotatable bonds is 4. The maximum atomic E-state index is 11.7. The molecule has 4 N–H and O–H groups in total. The van der Waals surface area contributed by atoms with E-state index in [1.165, 1.54) is 0 Å². The van der Waals surface area contributed by atoms with Crippen LogP contribution in [0.5, 0.6) is 0 Å². The smallest absolute Gasteiger partial charge is 0.273 e. The Morgan fingerprint density at radius 2 is 2.37 bits per heavy atom. The molecule has 0 spiro atoms. The van der Waals surface area contributed by atoms with Crippen molar-refractivity contribution in [2.75, 3.05) is 0 Å². The van der Waals surface area contributed by atoms with Gasteiger partial charge in [0.15, 0.2) is 11.5 Å². The van der Waals surface area contributed by atoms with Gasteiger partial charge in [-0.05, 0) is 23.2 Å². The standard InChI is InChI=1S/C11H11N5O2S/c12-10(15-18)8-3-1-2-7(4-8)5-13-11(17)9-6-19-16-14-9/h1-4,6,18H,5H2,(H2,12,15)(H,13,17). The number of carbonyl (C=O) groups excluding carboxylic acids is 1. The monoisotopic (exact) mass is 277 g/mol. The van der Waals surface area contributed by atoms with Gasteiger partial charge in [0, 0.05) is 17.5 Å². The fourth-order valence-corrected chi connectivity index (χ4v) is 1.87. The third-order valence-corrected chi connectivity index (χ3v) is 2.88. The van der Waals surface area contributed by atoms with Crippen molar-refractivity contribution in [2.45, 2.75) is 6.54 Å². The zero-order valence-electron chi connectivity index (χ0n) is 9.78. The Morgan fingerprint density at radius 3 is 3.05 bits per heavy atom. The summed E-state index contributed by atoms with van der Waals surface area (Å²) in [5.41, 5.74) is 7.20. The first-order valence-corrected chi connectivity index (χ1v) is 6.16. The summed E-state index contributed by atoms with van der Waals surface area (Å²) in [4.78, 5) is 11.7. The lowest BCUT2D eigenvalue weighted by molar-refractivity contribution is 0.0946. The summed E-state index contributed by atoms with van der Waals surface area (Å²) in [7, 11) is 0. The summed E-state index contributed by atoms with van der Waals surface area (Å²) in [6.07, 6.45) is 0. The van der Waals surface area contributed by atoms with E-state index in [9.17, 15) is 4.79 Å². The Kier molecular flexibility index (Phi) is 4.04. The van der Waals surface area contributed by atoms with Crippen molar-refractivity contribution in [2.24, 2.45) is 10.9 Å². The summed E-state index contributed by atoms with van der Waals surface area (Å²) >= 11 is 1.12. The molecule has 2 aromatic rings. The lowest BCUT2D eigenvalue weighted by atomic mass is 10.1. The van der Waals surface area contributed by atoms with Crippen LogP contribution >= 0.6 is 11.5 Å². The summed E-state index contributed by atoms with van der Waals surface area (Å²) in [6.45, 7) is 0.322. The van der Waals surface area contributed by atoms with Crippen molar-refractivity contribution in [3.8, 4) is 0 Å². The number of benzene rings is 1. The second-order valence-corrected chi connectivity index (χ2v) is 4.27. The van der Waals surface area contributed by atoms with E-state index in [0.717, 1.165) is 17.1 Å². The zero-order chi connectivity index (χ0) is 13.7. The van der Waals surface area contributed by atoms with Gasteiger partial charge in [-0.15, -0.1) is 5.10 Å². The minimum absolute atomic E-state index is 0.0249. The lowest BCUT2D eigenvalue weighted by Crippen LogP contribution is -2.23. The predicted molar refractivity (Wildman–Crippen MR) is 70.0 cm³/mol. The van der Waals surface area contributed by atoms with Crippen LogP contribution in [-0.2, 0) is 6.54 Å². The zero-order valence-corrected chi connectivity index (χ0v) is 10.6. The molecule has 2 rings (SSSR count). The Hall–Kier alpha value is -2.48. The van der Waals surface area contributed by atoms with Gasteiger partial charge < -0.3 is 16.3 Å². The number of hydrogen-bond acceptors (Lipinski definition) is 6. The van der Waals surface area contributed by atoms with E-state index in [1.54, 1.807) is 23.6 Å². The van der Waals surface area contributed by atoms with Crippen LogP contribution in [0.4, 0.5) is 0 Å². The highest BCUT2D eigenvalue weighted by Crippen LogP contribution is 2.05. The van der Waals surface area contributed by atoms with Crippen LogP contribution in [0.15, 0.2) is 34.8 Å². The summed E-state index contributed by atoms with van der Waals surface area (Å²) in [5, 5.41) is 19.5. The molecule has 0 aliphatic rings. The first-order valence-electron chi connectivity index (χ1n) is 5.33. The lowest BCUT2D eigenvalue weighted by Gasteiger charge is -2.05. The summed E-state index contributed by atoms with van der Waals surface area (Å²) < 4.78 is 3.62. The minimum atomic E-state index is -0.289. The normalized spacial score (nSPS) is 11.3. The third-order valence-electron chi connectivity index (χ3n) is 2.38. The summed E-state index contributed by atoms with van der Waals surface area (Å²) in [6, 6.07) is 7.03. The van der Waals surface area contributed by atoms with Gasteiger partial charge >= 0.3 is 0 Å². The van der Waals surface area contributed by atoms with Gasteiger partial charge in [-0.2, -0.15) is 0 Å². The molecule has 8 heteroatoms. The van der Waals surface area contributed by atoms with E-state index >= 15 is 0 Å². The molecule has 0 radical (unpaired) electrons. The Morgan fingerprint density at radius 1 is 1.53 bits per heavy atom. The minimum Gasteiger partial charge on any atom is -0.409 e. The number of nitrogens with zero attached hydrogens (tertiary/aromatic N) is 3. The van der Waals surface area contributed by atoms with Crippen molar-refractivity contribution >= 4 is 23.3 Å². The molecule has 0 bridgehead atoms. The average Bonchev–Trinajstić information content (AvgIpc) is 2.98. The number of hydrogen-bond donors (Lipinski definition) is 3. The van der Waals surface area contributed by atoms with Crippen LogP contribution < -0.4 is 11.1 Å². The maximum Gasteiger partial charge on any atom is 0.273 e. The number of amides is 1. The van der Waals surface area contributed by atoms with Crippen molar-refractivity contribution in [3.05, 3.63) is 46.5 Å². The summed E-state index contributed by atoms with van der Waals surface area (Å²) in [5.74, 6) is -0.264. The molecular weight excluding hydrogens is 266 g/mol. The van der Waals surface area contributed by atoms with Crippen LogP contribution in [0, 0.1) is 0 Å². The quantitative estimate of drug-likeness (QED) is 0.327. The van der Waals surface area contributed by atoms with Crippen LogP contribution in [0.25, 0.3) is 0 Å². The van der Waals surface area contributed by atoms with Crippen molar-refractivity contribution in [1.82, 2.24) is 14.9 Å². The molecule has 0 atom stereocenters. The number of nitrogens with one attached hydrogen (secondary N) is 1. The molecule has 98 valence electrons. The van der Waals surface area contributed by atoms with E-state index in [1.807, 2.05) is 6.07 Å². The number of oxime groups is 1. The van der Waals surface area contributed by atoms with Crippen LogP contribution in [0.1, 0.15) is 21.6 Å². The number of carbonyl (C=O) groups is 1. The maximum absolute atomic E-state index is 11.7. The van der Waals surface area contributed by atoms with Gasteiger partial charge in [0.1, 0.15) is 0 Å². The van der Waals surface area contributed by atoms with Crippen molar-refractivity contribution in [3.63, 3.8) is 0 Å². The first kappa shape index (κ1) is 13.0. The Labute approximate surface area is 112 Å². The van der Waals surface area contributed by atoms with E-state index in [0.29, 0.717) is 12.1 Å². The fraction of sp³-hybridized carbons (Fsp3) is 0.0909. The first-order chi connectivity index (χ1) is 9.20. The molecule has 0 unspecified atom stereocenters. The second-order valence-electron chi connectivity index (χ2n) is 3.66. The molecule has 1 aromatic heterocycles. The molecule has 0 saturated heterocycles. The SMILES string of the molecule is NC(=NO)c1cccc(CNC(=O)c2csnn2)c1. The molecule has 1 heterocycles. The van der Waals surface area contributed by atoms with Gasteiger partial charge in [-0.3, -0.25) is 4.79 Å². The molecular formula is C11H11N5O2S. The fourth-order valence-electron chi connectivity index (χ4n) is 1.43. The van der Waals surface area contributed by atoms with Gasteiger partial charge in [0.2, 0.25) is 0 Å². The Bertz CT molecular complexity index is 597. The van der Waals surface area contributed by atoms with Gasteiger partial charge in [-0.1, -0.05) is 27.8 Å². The van der Waals surface area contributed by atoms with Gasteiger partial charge in [0.05, 0.1) is 0 Å². The molecule has 0 aliphatic carbocycles. The van der Waals surface area contributed by atoms with Crippen LogP contribution in [0.3, 0.4) is 0 Å². The van der Waals surface area contributed by atoms with E-state index < -0.39 is 0 Å². The molecule has 7 nitrogen and oxygen atoms in total. The van der Waals surface area contributed by atoms with Crippen LogP contribution in [0.2, 0.25) is 0 Å². The van der Waals surface area contributed by atoms with Crippen molar-refractivity contribution < 1.29 is 10.0 Å². The average molecular weight is 277 g/mol. The molecule has 0 saturated carbocycles.